The second-order valence-corrected chi connectivity index (χ2v) is 6.14. The van der Waals surface area contributed by atoms with E-state index < -0.39 is 0 Å². The maximum Gasteiger partial charge on any atom is 0.319 e. The number of hydrogen-bond donors (Lipinski definition) is 3. The number of hydrogen-bond acceptors (Lipinski definition) is 2. The lowest BCUT2D eigenvalue weighted by Gasteiger charge is -2.22. The highest BCUT2D eigenvalue weighted by Crippen LogP contribution is 2.18. The van der Waals surface area contributed by atoms with Gasteiger partial charge < -0.3 is 16.0 Å². The predicted molar refractivity (Wildman–Crippen MR) is 93.5 cm³/mol. The quantitative estimate of drug-likeness (QED) is 0.637. The van der Waals surface area contributed by atoms with Crippen molar-refractivity contribution in [1.29, 1.82) is 0 Å². The molecule has 4 nitrogen and oxygen atoms in total. The Morgan fingerprint density at radius 2 is 1.73 bits per heavy atom. The van der Waals surface area contributed by atoms with E-state index in [1.165, 1.54) is 38.5 Å². The number of amides is 2. The molecule has 1 aromatic rings. The minimum Gasteiger partial charge on any atom is -0.385 e. The Morgan fingerprint density at radius 3 is 2.41 bits per heavy atom. The molecule has 2 amide bonds. The van der Waals surface area contributed by atoms with Crippen LogP contribution < -0.4 is 16.0 Å². The number of benzene rings is 1. The number of unbranched alkanes of at least 4 members (excludes halogenated alkanes) is 2. The van der Waals surface area contributed by atoms with Crippen LogP contribution in [0.1, 0.15) is 58.3 Å². The summed E-state index contributed by atoms with van der Waals surface area (Å²) in [7, 11) is 0. The lowest BCUT2D eigenvalue weighted by atomic mass is 9.96. The molecular weight excluding hydrogens is 274 g/mol. The number of rotatable bonds is 7. The number of urea groups is 1. The van der Waals surface area contributed by atoms with Crippen LogP contribution >= 0.6 is 0 Å². The predicted octanol–water partition coefficient (Wildman–Crippen LogP) is 4.74. The summed E-state index contributed by atoms with van der Waals surface area (Å²) in [5, 5.41) is 9.38. The number of carbonyl (C=O) groups is 1. The molecular formula is C18H29N3O. The SMILES string of the molecule is CCCCCNc1ccc(NC(=O)NC2CCCCC2)cc1. The van der Waals surface area contributed by atoms with E-state index in [9.17, 15) is 4.79 Å². The Bertz CT molecular complexity index is 438. The van der Waals surface area contributed by atoms with Gasteiger partial charge in [-0.2, -0.15) is 0 Å². The Balaban J connectivity index is 1.71. The lowest BCUT2D eigenvalue weighted by Crippen LogP contribution is -2.38. The third-order valence-corrected chi connectivity index (χ3v) is 4.19. The Kier molecular flexibility index (Phi) is 7.07. The molecule has 122 valence electrons. The van der Waals surface area contributed by atoms with Crippen molar-refractivity contribution in [2.45, 2.75) is 64.3 Å². The first-order valence-electron chi connectivity index (χ1n) is 8.69. The molecule has 0 bridgehead atoms. The standard InChI is InChI=1S/C18H29N3O/c1-2-3-7-14-19-15-10-12-17(13-11-15)21-18(22)20-16-8-5-4-6-9-16/h10-13,16,19H,2-9,14H2,1H3,(H2,20,21,22). The normalized spacial score (nSPS) is 15.3. The van der Waals surface area contributed by atoms with Crippen LogP contribution in [0.15, 0.2) is 24.3 Å². The Hall–Kier alpha value is -1.71. The van der Waals surface area contributed by atoms with Crippen LogP contribution in [-0.2, 0) is 0 Å². The zero-order valence-corrected chi connectivity index (χ0v) is 13.7. The van der Waals surface area contributed by atoms with E-state index in [0.717, 1.165) is 30.8 Å². The summed E-state index contributed by atoms with van der Waals surface area (Å²) >= 11 is 0. The summed E-state index contributed by atoms with van der Waals surface area (Å²) in [5.74, 6) is 0. The average molecular weight is 303 g/mol. The molecule has 1 aromatic carbocycles. The first-order chi connectivity index (χ1) is 10.8. The van der Waals surface area contributed by atoms with E-state index >= 15 is 0 Å². The maximum absolute atomic E-state index is 12.0. The van der Waals surface area contributed by atoms with Crippen LogP contribution in [0.25, 0.3) is 0 Å². The van der Waals surface area contributed by atoms with Crippen molar-refractivity contribution in [3.8, 4) is 0 Å². The van der Waals surface area contributed by atoms with Crippen LogP contribution in [0.5, 0.6) is 0 Å². The van der Waals surface area contributed by atoms with Gasteiger partial charge in [0.1, 0.15) is 0 Å². The fraction of sp³-hybridized carbons (Fsp3) is 0.611. The van der Waals surface area contributed by atoms with Crippen LogP contribution in [0.3, 0.4) is 0 Å². The van der Waals surface area contributed by atoms with Gasteiger partial charge in [-0.25, -0.2) is 4.79 Å². The van der Waals surface area contributed by atoms with Crippen molar-refractivity contribution >= 4 is 17.4 Å². The van der Waals surface area contributed by atoms with Gasteiger partial charge in [0.2, 0.25) is 0 Å². The molecule has 0 heterocycles. The molecule has 1 fully saturated rings. The molecule has 0 unspecified atom stereocenters. The highest BCUT2D eigenvalue weighted by Gasteiger charge is 2.15. The Labute approximate surface area is 134 Å². The molecule has 1 aliphatic carbocycles. The van der Waals surface area contributed by atoms with Crippen LogP contribution in [0.2, 0.25) is 0 Å². The molecule has 22 heavy (non-hydrogen) atoms. The van der Waals surface area contributed by atoms with E-state index in [1.807, 2.05) is 24.3 Å². The minimum atomic E-state index is -0.0874. The lowest BCUT2D eigenvalue weighted by molar-refractivity contribution is 0.244. The molecule has 0 saturated heterocycles. The minimum absolute atomic E-state index is 0.0874. The third kappa shape index (κ3) is 5.96. The van der Waals surface area contributed by atoms with Crippen molar-refractivity contribution in [3.05, 3.63) is 24.3 Å². The topological polar surface area (TPSA) is 53.2 Å². The summed E-state index contributed by atoms with van der Waals surface area (Å²) in [6, 6.07) is 8.18. The van der Waals surface area contributed by atoms with Gasteiger partial charge in [-0.05, 0) is 43.5 Å². The monoisotopic (exact) mass is 303 g/mol. The molecule has 3 N–H and O–H groups in total. The molecule has 1 saturated carbocycles. The molecule has 0 spiro atoms. The molecule has 0 aliphatic heterocycles. The van der Waals surface area contributed by atoms with Gasteiger partial charge in [0.05, 0.1) is 0 Å². The molecule has 1 aliphatic rings. The van der Waals surface area contributed by atoms with Crippen molar-refractivity contribution in [3.63, 3.8) is 0 Å². The van der Waals surface area contributed by atoms with Gasteiger partial charge in [-0.15, -0.1) is 0 Å². The maximum atomic E-state index is 12.0. The second kappa shape index (κ2) is 9.34. The van der Waals surface area contributed by atoms with Crippen molar-refractivity contribution in [1.82, 2.24) is 5.32 Å². The summed E-state index contributed by atoms with van der Waals surface area (Å²) in [5.41, 5.74) is 1.95. The zero-order chi connectivity index (χ0) is 15.6. The summed E-state index contributed by atoms with van der Waals surface area (Å²) in [6.07, 6.45) is 9.65. The third-order valence-electron chi connectivity index (χ3n) is 4.19. The molecule has 0 aromatic heterocycles. The fourth-order valence-corrected chi connectivity index (χ4v) is 2.88. The summed E-state index contributed by atoms with van der Waals surface area (Å²) in [6.45, 7) is 3.21. The highest BCUT2D eigenvalue weighted by molar-refractivity contribution is 5.89. The fourth-order valence-electron chi connectivity index (χ4n) is 2.88. The van der Waals surface area contributed by atoms with E-state index in [2.05, 4.69) is 22.9 Å². The molecule has 0 atom stereocenters. The van der Waals surface area contributed by atoms with E-state index in [-0.39, 0.29) is 6.03 Å². The van der Waals surface area contributed by atoms with Crippen molar-refractivity contribution in [2.75, 3.05) is 17.2 Å². The van der Waals surface area contributed by atoms with Gasteiger partial charge in [-0.1, -0.05) is 39.0 Å². The largest absolute Gasteiger partial charge is 0.385 e. The number of carbonyl (C=O) groups excluding carboxylic acids is 1. The first kappa shape index (κ1) is 16.7. The molecule has 4 heteroatoms. The van der Waals surface area contributed by atoms with E-state index in [0.29, 0.717) is 6.04 Å². The van der Waals surface area contributed by atoms with Crippen LogP contribution in [0, 0.1) is 0 Å². The number of anilines is 2. The first-order valence-corrected chi connectivity index (χ1v) is 8.69. The average Bonchev–Trinajstić information content (AvgIpc) is 2.54. The van der Waals surface area contributed by atoms with Crippen molar-refractivity contribution < 1.29 is 4.79 Å². The highest BCUT2D eigenvalue weighted by atomic mass is 16.2. The van der Waals surface area contributed by atoms with Gasteiger partial charge in [0, 0.05) is 24.0 Å². The smallest absolute Gasteiger partial charge is 0.319 e. The summed E-state index contributed by atoms with van der Waals surface area (Å²) < 4.78 is 0. The van der Waals surface area contributed by atoms with Crippen LogP contribution in [0.4, 0.5) is 16.2 Å². The Morgan fingerprint density at radius 1 is 1.05 bits per heavy atom. The molecule has 2 rings (SSSR count). The van der Waals surface area contributed by atoms with Gasteiger partial charge in [0.15, 0.2) is 0 Å². The molecule has 0 radical (unpaired) electrons. The number of nitrogens with one attached hydrogen (secondary N) is 3. The van der Waals surface area contributed by atoms with Crippen LogP contribution in [-0.4, -0.2) is 18.6 Å². The van der Waals surface area contributed by atoms with Gasteiger partial charge in [0.25, 0.3) is 0 Å². The second-order valence-electron chi connectivity index (χ2n) is 6.14. The summed E-state index contributed by atoms with van der Waals surface area (Å²) in [4.78, 5) is 12.0. The van der Waals surface area contributed by atoms with Crippen molar-refractivity contribution in [2.24, 2.45) is 0 Å². The zero-order valence-electron chi connectivity index (χ0n) is 13.7. The van der Waals surface area contributed by atoms with E-state index in [1.54, 1.807) is 0 Å². The van der Waals surface area contributed by atoms with Gasteiger partial charge >= 0.3 is 6.03 Å². The van der Waals surface area contributed by atoms with E-state index in [4.69, 9.17) is 0 Å². The van der Waals surface area contributed by atoms with Gasteiger partial charge in [-0.3, -0.25) is 0 Å².